The minimum absolute atomic E-state index is 0.393. The molecular formula is C16H20BrNO2S. The van der Waals surface area contributed by atoms with E-state index in [0.29, 0.717) is 6.04 Å². The van der Waals surface area contributed by atoms with Gasteiger partial charge in [-0.1, -0.05) is 6.07 Å². The van der Waals surface area contributed by atoms with Gasteiger partial charge in [0.1, 0.15) is 0 Å². The van der Waals surface area contributed by atoms with Crippen LogP contribution in [0.25, 0.3) is 0 Å². The number of rotatable bonds is 7. The van der Waals surface area contributed by atoms with Crippen molar-refractivity contribution in [3.8, 4) is 11.5 Å². The van der Waals surface area contributed by atoms with Crippen LogP contribution in [0.3, 0.4) is 0 Å². The Hall–Kier alpha value is -1.04. The second-order valence-electron chi connectivity index (χ2n) is 4.88. The van der Waals surface area contributed by atoms with E-state index in [2.05, 4.69) is 46.4 Å². The van der Waals surface area contributed by atoms with Crippen molar-refractivity contribution in [1.29, 1.82) is 0 Å². The predicted octanol–water partition coefficient (Wildman–Crippen LogP) is 4.25. The molecule has 2 rings (SSSR count). The zero-order chi connectivity index (χ0) is 15.2. The highest BCUT2D eigenvalue weighted by molar-refractivity contribution is 9.11. The Bertz CT molecular complexity index is 585. The third kappa shape index (κ3) is 4.73. The van der Waals surface area contributed by atoms with Gasteiger partial charge < -0.3 is 14.8 Å². The van der Waals surface area contributed by atoms with Gasteiger partial charge in [-0.2, -0.15) is 0 Å². The quantitative estimate of drug-likeness (QED) is 0.791. The highest BCUT2D eigenvalue weighted by Gasteiger charge is 2.08. The fourth-order valence-electron chi connectivity index (χ4n) is 2.15. The molecule has 0 radical (unpaired) electrons. The van der Waals surface area contributed by atoms with Crippen molar-refractivity contribution in [3.05, 3.63) is 44.6 Å². The summed E-state index contributed by atoms with van der Waals surface area (Å²) in [5, 5.41) is 3.54. The Morgan fingerprint density at radius 2 is 1.90 bits per heavy atom. The smallest absolute Gasteiger partial charge is 0.160 e. The lowest BCUT2D eigenvalue weighted by molar-refractivity contribution is 0.354. The molecule has 1 heterocycles. The van der Waals surface area contributed by atoms with Crippen LogP contribution in [-0.2, 0) is 13.0 Å². The molecule has 0 bridgehead atoms. The highest BCUT2D eigenvalue weighted by atomic mass is 79.9. The van der Waals surface area contributed by atoms with E-state index in [4.69, 9.17) is 9.47 Å². The highest BCUT2D eigenvalue weighted by Crippen LogP contribution is 2.28. The molecule has 0 spiro atoms. The van der Waals surface area contributed by atoms with E-state index < -0.39 is 0 Å². The van der Waals surface area contributed by atoms with Gasteiger partial charge in [0.2, 0.25) is 0 Å². The predicted molar refractivity (Wildman–Crippen MR) is 91.6 cm³/mol. The molecule has 1 aromatic carbocycles. The summed E-state index contributed by atoms with van der Waals surface area (Å²) in [7, 11) is 3.32. The minimum atomic E-state index is 0.393. The van der Waals surface area contributed by atoms with E-state index in [0.717, 1.165) is 24.5 Å². The molecule has 1 aromatic heterocycles. The average molecular weight is 370 g/mol. The van der Waals surface area contributed by atoms with Gasteiger partial charge in [-0.3, -0.25) is 0 Å². The van der Waals surface area contributed by atoms with E-state index in [1.807, 2.05) is 12.1 Å². The normalized spacial score (nSPS) is 12.2. The van der Waals surface area contributed by atoms with Crippen LogP contribution >= 0.6 is 27.3 Å². The molecule has 0 saturated carbocycles. The van der Waals surface area contributed by atoms with Gasteiger partial charge in [-0.25, -0.2) is 0 Å². The summed E-state index contributed by atoms with van der Waals surface area (Å²) in [6.07, 6.45) is 0.951. The molecule has 1 unspecified atom stereocenters. The first-order chi connectivity index (χ1) is 10.1. The van der Waals surface area contributed by atoms with Gasteiger partial charge in [0, 0.05) is 17.5 Å². The van der Waals surface area contributed by atoms with Crippen molar-refractivity contribution in [2.45, 2.75) is 25.9 Å². The SMILES string of the molecule is COc1ccc(CC(C)NCc2ccc(Br)s2)cc1OC. The largest absolute Gasteiger partial charge is 0.493 e. The van der Waals surface area contributed by atoms with Gasteiger partial charge in [0.25, 0.3) is 0 Å². The number of methoxy groups -OCH3 is 2. The topological polar surface area (TPSA) is 30.5 Å². The Morgan fingerprint density at radius 1 is 1.14 bits per heavy atom. The van der Waals surface area contributed by atoms with Gasteiger partial charge in [-0.15, -0.1) is 11.3 Å². The molecule has 0 saturated heterocycles. The Balaban J connectivity index is 1.91. The number of thiophene rings is 1. The molecule has 0 amide bonds. The first-order valence-corrected chi connectivity index (χ1v) is 8.42. The summed E-state index contributed by atoms with van der Waals surface area (Å²) >= 11 is 5.25. The van der Waals surface area contributed by atoms with Crippen molar-refractivity contribution >= 4 is 27.3 Å². The standard InChI is InChI=1S/C16H20BrNO2S/c1-11(18-10-13-5-7-16(17)21-13)8-12-4-6-14(19-2)15(9-12)20-3/h4-7,9,11,18H,8,10H2,1-3H3. The molecule has 0 aliphatic rings. The zero-order valence-electron chi connectivity index (χ0n) is 12.5. The van der Waals surface area contributed by atoms with Crippen LogP contribution in [0.2, 0.25) is 0 Å². The third-order valence-electron chi connectivity index (χ3n) is 3.24. The van der Waals surface area contributed by atoms with Gasteiger partial charge in [0.05, 0.1) is 18.0 Å². The van der Waals surface area contributed by atoms with Crippen LogP contribution in [0, 0.1) is 0 Å². The summed E-state index contributed by atoms with van der Waals surface area (Å²) in [4.78, 5) is 1.33. The molecule has 1 N–H and O–H groups in total. The van der Waals surface area contributed by atoms with Crippen LogP contribution in [0.4, 0.5) is 0 Å². The summed E-state index contributed by atoms with van der Waals surface area (Å²) in [5.74, 6) is 1.55. The van der Waals surface area contributed by atoms with Crippen LogP contribution in [-0.4, -0.2) is 20.3 Å². The Kier molecular flexibility index (Phi) is 6.08. The molecule has 5 heteroatoms. The maximum atomic E-state index is 5.34. The van der Waals surface area contributed by atoms with E-state index in [-0.39, 0.29) is 0 Å². The van der Waals surface area contributed by atoms with E-state index in [1.54, 1.807) is 25.6 Å². The zero-order valence-corrected chi connectivity index (χ0v) is 14.9. The summed E-state index contributed by atoms with van der Waals surface area (Å²) in [5.41, 5.74) is 1.24. The van der Waals surface area contributed by atoms with Crippen LogP contribution in [0.15, 0.2) is 34.1 Å². The molecule has 114 valence electrons. The Morgan fingerprint density at radius 3 is 2.52 bits per heavy atom. The lowest BCUT2D eigenvalue weighted by Crippen LogP contribution is -2.27. The van der Waals surface area contributed by atoms with Crippen molar-refractivity contribution in [2.75, 3.05) is 14.2 Å². The number of ether oxygens (including phenoxy) is 2. The maximum Gasteiger partial charge on any atom is 0.160 e. The van der Waals surface area contributed by atoms with E-state index >= 15 is 0 Å². The molecule has 0 fully saturated rings. The fourth-order valence-corrected chi connectivity index (χ4v) is 3.59. The van der Waals surface area contributed by atoms with Crippen LogP contribution in [0.1, 0.15) is 17.4 Å². The summed E-state index contributed by atoms with van der Waals surface area (Å²) in [6.45, 7) is 3.09. The van der Waals surface area contributed by atoms with Crippen molar-refractivity contribution < 1.29 is 9.47 Å². The number of benzene rings is 1. The van der Waals surface area contributed by atoms with Gasteiger partial charge >= 0.3 is 0 Å². The average Bonchev–Trinajstić information content (AvgIpc) is 2.90. The van der Waals surface area contributed by atoms with E-state index in [1.165, 1.54) is 14.2 Å². The minimum Gasteiger partial charge on any atom is -0.493 e. The lowest BCUT2D eigenvalue weighted by Gasteiger charge is -2.15. The molecule has 21 heavy (non-hydrogen) atoms. The number of hydrogen-bond acceptors (Lipinski definition) is 4. The first kappa shape index (κ1) is 16.3. The number of hydrogen-bond donors (Lipinski definition) is 1. The third-order valence-corrected chi connectivity index (χ3v) is 4.87. The monoisotopic (exact) mass is 369 g/mol. The van der Waals surface area contributed by atoms with Crippen molar-refractivity contribution in [1.82, 2.24) is 5.32 Å². The van der Waals surface area contributed by atoms with E-state index in [9.17, 15) is 0 Å². The molecule has 1 atom stereocenters. The van der Waals surface area contributed by atoms with Crippen LogP contribution in [0.5, 0.6) is 11.5 Å². The Labute approximate surface area is 138 Å². The molecule has 0 aliphatic heterocycles. The first-order valence-electron chi connectivity index (χ1n) is 6.81. The fraction of sp³-hybridized carbons (Fsp3) is 0.375. The summed E-state index contributed by atoms with van der Waals surface area (Å²) < 4.78 is 11.8. The summed E-state index contributed by atoms with van der Waals surface area (Å²) in [6, 6.07) is 10.7. The second kappa shape index (κ2) is 7.82. The number of nitrogens with one attached hydrogen (secondary N) is 1. The van der Waals surface area contributed by atoms with Crippen LogP contribution < -0.4 is 14.8 Å². The van der Waals surface area contributed by atoms with Crippen molar-refractivity contribution in [3.63, 3.8) is 0 Å². The van der Waals surface area contributed by atoms with Crippen molar-refractivity contribution in [2.24, 2.45) is 0 Å². The molecule has 2 aromatic rings. The molecule has 0 aliphatic carbocycles. The maximum absolute atomic E-state index is 5.34. The lowest BCUT2D eigenvalue weighted by atomic mass is 10.1. The molecule has 3 nitrogen and oxygen atoms in total. The van der Waals surface area contributed by atoms with Gasteiger partial charge in [0.15, 0.2) is 11.5 Å². The molecular weight excluding hydrogens is 350 g/mol. The number of halogens is 1. The van der Waals surface area contributed by atoms with Gasteiger partial charge in [-0.05, 0) is 59.1 Å². The second-order valence-corrected chi connectivity index (χ2v) is 7.43.